The zero-order valence-electron chi connectivity index (χ0n) is 16.4. The number of aryl methyl sites for hydroxylation is 2. The van der Waals surface area contributed by atoms with Gasteiger partial charge in [0.25, 0.3) is 0 Å². The van der Waals surface area contributed by atoms with Gasteiger partial charge >= 0.3 is 0 Å². The molecular formula is C22H25NO3S. The number of Topliss-reactive ketones (excluding diaryl/α,β-unsaturated/α-hetero) is 2. The monoisotopic (exact) mass is 383 g/mol. The molecule has 1 amide bonds. The highest BCUT2D eigenvalue weighted by atomic mass is 32.2. The first kappa shape index (κ1) is 20.9. The van der Waals surface area contributed by atoms with Gasteiger partial charge in [0.2, 0.25) is 5.91 Å². The Bertz CT molecular complexity index is 903. The van der Waals surface area contributed by atoms with Crippen molar-refractivity contribution in [2.75, 3.05) is 11.1 Å². The number of thioether (sulfide) groups is 1. The van der Waals surface area contributed by atoms with Crippen molar-refractivity contribution < 1.29 is 14.4 Å². The predicted molar refractivity (Wildman–Crippen MR) is 112 cm³/mol. The fourth-order valence-corrected chi connectivity index (χ4v) is 4.26. The number of benzene rings is 2. The second-order valence-corrected chi connectivity index (χ2v) is 7.71. The molecule has 5 heteroatoms. The van der Waals surface area contributed by atoms with E-state index in [4.69, 9.17) is 0 Å². The van der Waals surface area contributed by atoms with Crippen molar-refractivity contribution in [3.8, 4) is 0 Å². The molecule has 0 bridgehead atoms. The number of anilines is 1. The summed E-state index contributed by atoms with van der Waals surface area (Å²) in [5.41, 5.74) is 6.22. The minimum atomic E-state index is -0.116. The molecule has 2 rings (SSSR count). The molecule has 0 aliphatic carbocycles. The van der Waals surface area contributed by atoms with Gasteiger partial charge in [-0.3, -0.25) is 14.4 Å². The van der Waals surface area contributed by atoms with Crippen LogP contribution < -0.4 is 5.32 Å². The third-order valence-electron chi connectivity index (χ3n) is 4.52. The Morgan fingerprint density at radius 2 is 1.67 bits per heavy atom. The SMILES string of the molecule is CC(=O)c1cccc(NC(=O)CSCc2c(C)cc(C)c(C(C)=O)c2C)c1. The number of amides is 1. The van der Waals surface area contributed by atoms with Crippen LogP contribution in [0.5, 0.6) is 0 Å². The lowest BCUT2D eigenvalue weighted by molar-refractivity contribution is -0.113. The van der Waals surface area contributed by atoms with Crippen LogP contribution in [-0.2, 0) is 10.5 Å². The first-order valence-corrected chi connectivity index (χ1v) is 9.95. The fourth-order valence-electron chi connectivity index (χ4n) is 3.25. The second kappa shape index (κ2) is 9.00. The molecule has 0 saturated carbocycles. The van der Waals surface area contributed by atoms with E-state index in [-0.39, 0.29) is 17.5 Å². The summed E-state index contributed by atoms with van der Waals surface area (Å²) in [4.78, 5) is 35.6. The van der Waals surface area contributed by atoms with Crippen LogP contribution in [0.1, 0.15) is 56.8 Å². The molecule has 0 unspecified atom stereocenters. The van der Waals surface area contributed by atoms with E-state index < -0.39 is 0 Å². The zero-order valence-corrected chi connectivity index (χ0v) is 17.3. The third-order valence-corrected chi connectivity index (χ3v) is 5.47. The van der Waals surface area contributed by atoms with Gasteiger partial charge in [-0.05, 0) is 69.0 Å². The first-order valence-electron chi connectivity index (χ1n) is 8.80. The average molecular weight is 384 g/mol. The van der Waals surface area contributed by atoms with Crippen molar-refractivity contribution >= 4 is 34.9 Å². The number of nitrogens with one attached hydrogen (secondary N) is 1. The van der Waals surface area contributed by atoms with E-state index in [1.165, 1.54) is 18.7 Å². The maximum absolute atomic E-state index is 12.2. The first-order chi connectivity index (χ1) is 12.7. The van der Waals surface area contributed by atoms with Crippen molar-refractivity contribution in [2.45, 2.75) is 40.4 Å². The molecule has 0 saturated heterocycles. The standard InChI is InChI=1S/C22H25NO3S/c1-13-9-14(2)22(17(5)25)15(3)20(13)11-27-12-21(26)23-19-8-6-7-18(10-19)16(4)24/h6-10H,11-12H2,1-5H3,(H,23,26). The molecule has 0 aromatic heterocycles. The van der Waals surface area contributed by atoms with Gasteiger partial charge in [0.15, 0.2) is 11.6 Å². The summed E-state index contributed by atoms with van der Waals surface area (Å²) in [7, 11) is 0. The van der Waals surface area contributed by atoms with Crippen LogP contribution in [0.4, 0.5) is 5.69 Å². The highest BCUT2D eigenvalue weighted by Gasteiger charge is 2.14. The quantitative estimate of drug-likeness (QED) is 0.692. The summed E-state index contributed by atoms with van der Waals surface area (Å²) in [5.74, 6) is 0.882. The molecular weight excluding hydrogens is 358 g/mol. The summed E-state index contributed by atoms with van der Waals surface area (Å²) >= 11 is 1.51. The van der Waals surface area contributed by atoms with Gasteiger partial charge in [-0.2, -0.15) is 0 Å². The van der Waals surface area contributed by atoms with Crippen molar-refractivity contribution in [3.05, 3.63) is 63.7 Å². The van der Waals surface area contributed by atoms with E-state index in [9.17, 15) is 14.4 Å². The molecule has 0 aliphatic heterocycles. The zero-order chi connectivity index (χ0) is 20.1. The van der Waals surface area contributed by atoms with Crippen LogP contribution in [0.15, 0.2) is 30.3 Å². The summed E-state index contributed by atoms with van der Waals surface area (Å²) in [6.07, 6.45) is 0. The largest absolute Gasteiger partial charge is 0.325 e. The molecule has 4 nitrogen and oxygen atoms in total. The summed E-state index contributed by atoms with van der Waals surface area (Å²) < 4.78 is 0. The van der Waals surface area contributed by atoms with E-state index in [0.717, 1.165) is 27.8 Å². The van der Waals surface area contributed by atoms with Crippen LogP contribution in [0.25, 0.3) is 0 Å². The van der Waals surface area contributed by atoms with E-state index in [0.29, 0.717) is 22.8 Å². The number of hydrogen-bond acceptors (Lipinski definition) is 4. The number of hydrogen-bond donors (Lipinski definition) is 1. The number of carbonyl (C=O) groups is 3. The number of ketones is 2. The molecule has 2 aromatic rings. The van der Waals surface area contributed by atoms with E-state index >= 15 is 0 Å². The lowest BCUT2D eigenvalue weighted by Crippen LogP contribution is -2.14. The minimum Gasteiger partial charge on any atom is -0.325 e. The molecule has 0 atom stereocenters. The van der Waals surface area contributed by atoms with Crippen molar-refractivity contribution in [2.24, 2.45) is 0 Å². The van der Waals surface area contributed by atoms with Crippen LogP contribution >= 0.6 is 11.8 Å². The summed E-state index contributed by atoms with van der Waals surface area (Å²) in [5, 5.41) is 2.83. The Labute approximate surface area is 164 Å². The molecule has 0 spiro atoms. The highest BCUT2D eigenvalue weighted by Crippen LogP contribution is 2.26. The van der Waals surface area contributed by atoms with Gasteiger partial charge in [-0.25, -0.2) is 0 Å². The molecule has 2 aromatic carbocycles. The van der Waals surface area contributed by atoms with Crippen LogP contribution in [0.3, 0.4) is 0 Å². The molecule has 0 aliphatic rings. The van der Waals surface area contributed by atoms with Gasteiger partial charge in [0.05, 0.1) is 5.75 Å². The van der Waals surface area contributed by atoms with E-state index in [1.54, 1.807) is 31.2 Å². The summed E-state index contributed by atoms with van der Waals surface area (Å²) in [6, 6.07) is 8.96. The molecule has 0 heterocycles. The van der Waals surface area contributed by atoms with Crippen LogP contribution in [-0.4, -0.2) is 23.2 Å². The maximum atomic E-state index is 12.2. The highest BCUT2D eigenvalue weighted by molar-refractivity contribution is 7.99. The number of carbonyl (C=O) groups excluding carboxylic acids is 3. The van der Waals surface area contributed by atoms with Crippen molar-refractivity contribution in [1.82, 2.24) is 0 Å². The van der Waals surface area contributed by atoms with Gasteiger partial charge < -0.3 is 5.32 Å². The normalized spacial score (nSPS) is 10.6. The Morgan fingerprint density at radius 1 is 0.963 bits per heavy atom. The van der Waals surface area contributed by atoms with Crippen molar-refractivity contribution in [1.29, 1.82) is 0 Å². The minimum absolute atomic E-state index is 0.0351. The topological polar surface area (TPSA) is 63.2 Å². The molecule has 0 fully saturated rings. The lowest BCUT2D eigenvalue weighted by atomic mass is 9.92. The third kappa shape index (κ3) is 5.30. The van der Waals surface area contributed by atoms with E-state index in [1.807, 2.05) is 26.8 Å². The number of rotatable bonds is 7. The van der Waals surface area contributed by atoms with Crippen LogP contribution in [0.2, 0.25) is 0 Å². The smallest absolute Gasteiger partial charge is 0.234 e. The Hall–Kier alpha value is -2.40. The predicted octanol–water partition coefficient (Wildman–Crippen LogP) is 4.89. The van der Waals surface area contributed by atoms with Gasteiger partial charge in [-0.15, -0.1) is 11.8 Å². The maximum Gasteiger partial charge on any atom is 0.234 e. The van der Waals surface area contributed by atoms with Gasteiger partial charge in [0.1, 0.15) is 0 Å². The Morgan fingerprint density at radius 3 is 2.30 bits per heavy atom. The molecule has 142 valence electrons. The molecule has 27 heavy (non-hydrogen) atoms. The van der Waals surface area contributed by atoms with Crippen molar-refractivity contribution in [3.63, 3.8) is 0 Å². The molecule has 0 radical (unpaired) electrons. The summed E-state index contributed by atoms with van der Waals surface area (Å²) in [6.45, 7) is 9.05. The van der Waals surface area contributed by atoms with Crippen LogP contribution in [0, 0.1) is 20.8 Å². The molecule has 1 N–H and O–H groups in total. The lowest BCUT2D eigenvalue weighted by Gasteiger charge is -2.15. The van der Waals surface area contributed by atoms with Gasteiger partial charge in [-0.1, -0.05) is 18.2 Å². The second-order valence-electron chi connectivity index (χ2n) is 6.72. The Balaban J connectivity index is 2.01. The fraction of sp³-hybridized carbons (Fsp3) is 0.318. The van der Waals surface area contributed by atoms with Gasteiger partial charge in [0, 0.05) is 22.6 Å². The van der Waals surface area contributed by atoms with E-state index in [2.05, 4.69) is 5.32 Å². The Kier molecular flexibility index (Phi) is 6.97. The average Bonchev–Trinajstić information content (AvgIpc) is 2.57.